The quantitative estimate of drug-likeness (QED) is 0.783. The van der Waals surface area contributed by atoms with Crippen molar-refractivity contribution in [2.45, 2.75) is 20.5 Å². The third-order valence-corrected chi connectivity index (χ3v) is 2.76. The highest BCUT2D eigenvalue weighted by Crippen LogP contribution is 2.17. The molecule has 1 aromatic carbocycles. The third-order valence-electron chi connectivity index (χ3n) is 2.49. The van der Waals surface area contributed by atoms with Crippen LogP contribution in [0.15, 0.2) is 18.2 Å². The van der Waals surface area contributed by atoms with E-state index in [9.17, 15) is 5.11 Å². The van der Waals surface area contributed by atoms with Gasteiger partial charge in [0.2, 0.25) is 0 Å². The Morgan fingerprint density at radius 2 is 2.19 bits per heavy atom. The maximum absolute atomic E-state index is 9.20. The van der Waals surface area contributed by atoms with E-state index in [1.807, 2.05) is 32.0 Å². The number of hydrogen-bond donors (Lipinski definition) is 2. The molecule has 2 aromatic rings. The van der Waals surface area contributed by atoms with Crippen LogP contribution in [0.25, 0.3) is 5.69 Å². The largest absolute Gasteiger partial charge is 0.388 e. The Hall–Kier alpha value is -1.46. The lowest BCUT2D eigenvalue weighted by molar-refractivity contribution is 0.268. The predicted octanol–water partition coefficient (Wildman–Crippen LogP) is 2.04. The van der Waals surface area contributed by atoms with Crippen LogP contribution in [0.5, 0.6) is 0 Å². The first kappa shape index (κ1) is 11.0. The minimum atomic E-state index is -0.138. The fourth-order valence-corrected chi connectivity index (χ4v) is 1.89. The summed E-state index contributed by atoms with van der Waals surface area (Å²) in [5, 5.41) is 15.9. The standard InChI is InChI=1S/C11H13N3OS/c1-7-3-4-8(2)9(5-7)14-10(6-15)12-13-11(14)16/h3-5,15H,6H2,1-2H3,(H,13,16). The van der Waals surface area contributed by atoms with E-state index in [1.54, 1.807) is 4.57 Å². The van der Waals surface area contributed by atoms with Gasteiger partial charge in [-0.1, -0.05) is 12.1 Å². The average Bonchev–Trinajstić information content (AvgIpc) is 2.63. The summed E-state index contributed by atoms with van der Waals surface area (Å²) in [6.45, 7) is 3.89. The van der Waals surface area contributed by atoms with Crippen LogP contribution in [0.4, 0.5) is 0 Å². The first-order chi connectivity index (χ1) is 7.63. The van der Waals surface area contributed by atoms with Crippen LogP contribution in [-0.2, 0) is 6.61 Å². The lowest BCUT2D eigenvalue weighted by Gasteiger charge is -2.09. The summed E-state index contributed by atoms with van der Waals surface area (Å²) >= 11 is 5.16. The zero-order valence-corrected chi connectivity index (χ0v) is 10.0. The second kappa shape index (κ2) is 4.19. The van der Waals surface area contributed by atoms with Crippen molar-refractivity contribution in [3.8, 4) is 5.69 Å². The van der Waals surface area contributed by atoms with E-state index in [0.717, 1.165) is 16.8 Å². The summed E-state index contributed by atoms with van der Waals surface area (Å²) in [5.74, 6) is 0.527. The molecule has 5 heteroatoms. The van der Waals surface area contributed by atoms with E-state index in [-0.39, 0.29) is 6.61 Å². The van der Waals surface area contributed by atoms with Crippen molar-refractivity contribution in [1.29, 1.82) is 0 Å². The van der Waals surface area contributed by atoms with E-state index < -0.39 is 0 Å². The Morgan fingerprint density at radius 1 is 1.44 bits per heavy atom. The van der Waals surface area contributed by atoms with Crippen LogP contribution >= 0.6 is 12.2 Å². The third kappa shape index (κ3) is 1.79. The molecule has 0 saturated heterocycles. The highest BCUT2D eigenvalue weighted by Gasteiger charge is 2.09. The van der Waals surface area contributed by atoms with Gasteiger partial charge in [0, 0.05) is 0 Å². The Morgan fingerprint density at radius 3 is 2.88 bits per heavy atom. The summed E-state index contributed by atoms with van der Waals surface area (Å²) in [4.78, 5) is 0. The van der Waals surface area contributed by atoms with Crippen molar-refractivity contribution in [3.63, 3.8) is 0 Å². The second-order valence-corrected chi connectivity index (χ2v) is 4.12. The average molecular weight is 235 g/mol. The molecule has 1 aromatic heterocycles. The van der Waals surface area contributed by atoms with Gasteiger partial charge in [0.25, 0.3) is 0 Å². The molecule has 1 heterocycles. The summed E-state index contributed by atoms with van der Waals surface area (Å²) in [6.07, 6.45) is 0. The SMILES string of the molecule is Cc1ccc(C)c(-n2c(CO)n[nH]c2=S)c1. The van der Waals surface area contributed by atoms with Crippen molar-refractivity contribution >= 4 is 12.2 Å². The summed E-state index contributed by atoms with van der Waals surface area (Å²) in [7, 11) is 0. The van der Waals surface area contributed by atoms with E-state index in [0.29, 0.717) is 10.6 Å². The predicted molar refractivity (Wildman–Crippen MR) is 64.1 cm³/mol. The zero-order valence-electron chi connectivity index (χ0n) is 9.19. The smallest absolute Gasteiger partial charge is 0.199 e. The molecule has 2 rings (SSSR count). The molecular formula is C11H13N3OS. The number of aliphatic hydroxyl groups excluding tert-OH is 1. The molecule has 0 aliphatic heterocycles. The molecule has 4 nitrogen and oxygen atoms in total. The molecule has 0 atom stereocenters. The minimum Gasteiger partial charge on any atom is -0.388 e. The molecule has 16 heavy (non-hydrogen) atoms. The number of aliphatic hydroxyl groups is 1. The molecule has 0 spiro atoms. The van der Waals surface area contributed by atoms with Crippen LogP contribution in [0, 0.1) is 18.6 Å². The molecular weight excluding hydrogens is 222 g/mol. The number of rotatable bonds is 2. The molecule has 0 unspecified atom stereocenters. The fraction of sp³-hybridized carbons (Fsp3) is 0.273. The maximum Gasteiger partial charge on any atom is 0.199 e. The van der Waals surface area contributed by atoms with Gasteiger partial charge in [-0.25, -0.2) is 0 Å². The number of nitrogens with one attached hydrogen (secondary N) is 1. The summed E-state index contributed by atoms with van der Waals surface area (Å²) in [5.41, 5.74) is 3.20. The summed E-state index contributed by atoms with van der Waals surface area (Å²) < 4.78 is 2.26. The van der Waals surface area contributed by atoms with Crippen molar-refractivity contribution in [2.24, 2.45) is 0 Å². The second-order valence-electron chi connectivity index (χ2n) is 3.73. The normalized spacial score (nSPS) is 10.7. The lowest BCUT2D eigenvalue weighted by Crippen LogP contribution is -2.03. The molecule has 0 bridgehead atoms. The molecule has 0 aliphatic rings. The van der Waals surface area contributed by atoms with Crippen molar-refractivity contribution in [2.75, 3.05) is 0 Å². The molecule has 0 amide bonds. The molecule has 2 N–H and O–H groups in total. The number of aromatic nitrogens is 3. The van der Waals surface area contributed by atoms with Crippen molar-refractivity contribution in [3.05, 3.63) is 39.9 Å². The highest BCUT2D eigenvalue weighted by molar-refractivity contribution is 7.71. The monoisotopic (exact) mass is 235 g/mol. The van der Waals surface area contributed by atoms with Gasteiger partial charge in [-0.15, -0.1) is 0 Å². The first-order valence-electron chi connectivity index (χ1n) is 4.98. The Labute approximate surface area is 98.6 Å². The Kier molecular flexibility index (Phi) is 2.89. The van der Waals surface area contributed by atoms with E-state index in [4.69, 9.17) is 12.2 Å². The van der Waals surface area contributed by atoms with Crippen LogP contribution in [0.3, 0.4) is 0 Å². The number of aryl methyl sites for hydroxylation is 2. The van der Waals surface area contributed by atoms with Crippen LogP contribution < -0.4 is 0 Å². The summed E-state index contributed by atoms with van der Waals surface area (Å²) in [6, 6.07) is 6.10. The van der Waals surface area contributed by atoms with Gasteiger partial charge in [-0.3, -0.25) is 9.67 Å². The van der Waals surface area contributed by atoms with Gasteiger partial charge in [-0.2, -0.15) is 5.10 Å². The van der Waals surface area contributed by atoms with Gasteiger partial charge in [0.15, 0.2) is 10.6 Å². The number of H-pyrrole nitrogens is 1. The first-order valence-corrected chi connectivity index (χ1v) is 5.39. The van der Waals surface area contributed by atoms with Gasteiger partial charge in [-0.05, 0) is 43.3 Å². The van der Waals surface area contributed by atoms with Gasteiger partial charge < -0.3 is 5.11 Å². The zero-order chi connectivity index (χ0) is 11.7. The van der Waals surface area contributed by atoms with Gasteiger partial charge >= 0.3 is 0 Å². The number of nitrogens with zero attached hydrogens (tertiary/aromatic N) is 2. The van der Waals surface area contributed by atoms with E-state index in [1.165, 1.54) is 0 Å². The number of hydrogen-bond acceptors (Lipinski definition) is 3. The molecule has 84 valence electrons. The molecule has 0 saturated carbocycles. The molecule has 0 radical (unpaired) electrons. The molecule has 0 fully saturated rings. The fourth-order valence-electron chi connectivity index (χ4n) is 1.64. The minimum absolute atomic E-state index is 0.138. The maximum atomic E-state index is 9.20. The topological polar surface area (TPSA) is 53.8 Å². The Bertz CT molecular complexity index is 571. The van der Waals surface area contributed by atoms with E-state index in [2.05, 4.69) is 10.2 Å². The van der Waals surface area contributed by atoms with Crippen LogP contribution in [-0.4, -0.2) is 19.9 Å². The van der Waals surface area contributed by atoms with E-state index >= 15 is 0 Å². The van der Waals surface area contributed by atoms with Crippen LogP contribution in [0.1, 0.15) is 17.0 Å². The van der Waals surface area contributed by atoms with Crippen molar-refractivity contribution in [1.82, 2.24) is 14.8 Å². The van der Waals surface area contributed by atoms with Crippen molar-refractivity contribution < 1.29 is 5.11 Å². The Balaban J connectivity index is 2.71. The lowest BCUT2D eigenvalue weighted by atomic mass is 10.1. The number of aromatic amines is 1. The highest BCUT2D eigenvalue weighted by atomic mass is 32.1. The van der Waals surface area contributed by atoms with Crippen LogP contribution in [0.2, 0.25) is 0 Å². The molecule has 0 aliphatic carbocycles. The number of benzene rings is 1. The van der Waals surface area contributed by atoms with Gasteiger partial charge in [0.05, 0.1) is 5.69 Å². The van der Waals surface area contributed by atoms with Gasteiger partial charge in [0.1, 0.15) is 6.61 Å².